The standard InChI is InChI=1S/C12H38Si6/c1-16(2,3)10-13-15(12-18(7,8)9)14-11-17(4,5)6/h15H,10-14H2,1-9H3. The quantitative estimate of drug-likeness (QED) is 0.590. The molecule has 0 fully saturated rings. The van der Waals surface area contributed by atoms with Crippen molar-refractivity contribution < 1.29 is 0 Å². The second-order valence-electron chi connectivity index (χ2n) is 9.83. The van der Waals surface area contributed by atoms with Gasteiger partial charge in [-0.25, -0.2) is 0 Å². The molecule has 0 aliphatic rings. The fraction of sp³-hybridized carbons (Fsp3) is 1.00. The van der Waals surface area contributed by atoms with E-state index in [0.717, 1.165) is 0 Å². The highest BCUT2D eigenvalue weighted by molar-refractivity contribution is 7.44. The van der Waals surface area contributed by atoms with E-state index in [0.29, 0.717) is 18.1 Å². The van der Waals surface area contributed by atoms with E-state index in [9.17, 15) is 0 Å². The molecular weight excluding hydrogens is 313 g/mol. The van der Waals surface area contributed by atoms with Gasteiger partial charge >= 0.3 is 0 Å². The summed E-state index contributed by atoms with van der Waals surface area (Å²) in [6.45, 7) is 23.5. The molecule has 110 valence electrons. The molecule has 0 saturated heterocycles. The van der Waals surface area contributed by atoms with Crippen LogP contribution in [0.5, 0.6) is 0 Å². The van der Waals surface area contributed by atoms with Gasteiger partial charge < -0.3 is 0 Å². The van der Waals surface area contributed by atoms with Gasteiger partial charge in [-0.05, 0) is 0 Å². The summed E-state index contributed by atoms with van der Waals surface area (Å²) < 4.78 is 0. The second-order valence-corrected chi connectivity index (χ2v) is 47.6. The van der Waals surface area contributed by atoms with Gasteiger partial charge in [-0.1, -0.05) is 75.9 Å². The first-order chi connectivity index (χ1) is 7.79. The summed E-state index contributed by atoms with van der Waals surface area (Å²) in [4.78, 5) is 0. The molecule has 0 nitrogen and oxygen atoms in total. The molecule has 0 rings (SSSR count). The molecule has 0 heterocycles. The molecule has 0 aromatic carbocycles. The van der Waals surface area contributed by atoms with Crippen LogP contribution >= 0.6 is 0 Å². The van der Waals surface area contributed by atoms with Gasteiger partial charge in [0.25, 0.3) is 0 Å². The fourth-order valence-electron chi connectivity index (χ4n) is 2.49. The Morgan fingerprint density at radius 3 is 1.17 bits per heavy atom. The third-order valence-electron chi connectivity index (χ3n) is 3.51. The van der Waals surface area contributed by atoms with E-state index < -0.39 is 24.2 Å². The van der Waals surface area contributed by atoms with Crippen molar-refractivity contribution in [2.24, 2.45) is 0 Å². The summed E-state index contributed by atoms with van der Waals surface area (Å²) in [6, 6.07) is 0. The lowest BCUT2D eigenvalue weighted by Crippen LogP contribution is -2.43. The summed E-state index contributed by atoms with van der Waals surface area (Å²) in [5, 5.41) is 0. The Balaban J connectivity index is 4.35. The highest BCUT2D eigenvalue weighted by Crippen LogP contribution is 2.16. The van der Waals surface area contributed by atoms with E-state index >= 15 is 0 Å². The van der Waals surface area contributed by atoms with Crippen LogP contribution in [0, 0.1) is 0 Å². The second kappa shape index (κ2) is 7.35. The average Bonchev–Trinajstić information content (AvgIpc) is 2.05. The zero-order chi connectivity index (χ0) is 14.6. The molecule has 0 atom stereocenters. The third-order valence-corrected chi connectivity index (χ3v) is 49.3. The van der Waals surface area contributed by atoms with Crippen LogP contribution in [-0.4, -0.2) is 50.1 Å². The van der Waals surface area contributed by atoms with Crippen LogP contribution in [-0.2, 0) is 0 Å². The lowest BCUT2D eigenvalue weighted by atomic mass is 11.7. The largest absolute Gasteiger partial charge is 0.0698 e. The molecule has 6 heteroatoms. The number of hydrogen-bond acceptors (Lipinski definition) is 0. The maximum atomic E-state index is 2.62. The summed E-state index contributed by atoms with van der Waals surface area (Å²) >= 11 is 0. The van der Waals surface area contributed by atoms with E-state index in [1.54, 1.807) is 11.3 Å². The van der Waals surface area contributed by atoms with Crippen molar-refractivity contribution in [1.29, 1.82) is 0 Å². The molecule has 0 bridgehead atoms. The van der Waals surface area contributed by atoms with Gasteiger partial charge in [-0.2, -0.15) is 0 Å². The predicted molar refractivity (Wildman–Crippen MR) is 109 cm³/mol. The Morgan fingerprint density at radius 1 is 0.611 bits per heavy atom. The smallest absolute Gasteiger partial charge is 0.0409 e. The summed E-state index contributed by atoms with van der Waals surface area (Å²) in [5.41, 5.74) is 5.36. The molecule has 0 aliphatic heterocycles. The van der Waals surface area contributed by atoms with Crippen LogP contribution in [0.25, 0.3) is 0 Å². The highest BCUT2D eigenvalue weighted by atomic mass is 29.6. The zero-order valence-electron chi connectivity index (χ0n) is 14.6. The molecule has 0 spiro atoms. The van der Waals surface area contributed by atoms with Crippen molar-refractivity contribution in [3.8, 4) is 0 Å². The van der Waals surface area contributed by atoms with E-state index in [1.165, 1.54) is 0 Å². The van der Waals surface area contributed by atoms with Crippen LogP contribution < -0.4 is 0 Å². The highest BCUT2D eigenvalue weighted by Gasteiger charge is 2.26. The topological polar surface area (TPSA) is 0 Å². The van der Waals surface area contributed by atoms with Crippen molar-refractivity contribution in [1.82, 2.24) is 0 Å². The Kier molecular flexibility index (Phi) is 7.88. The average molecular weight is 351 g/mol. The first-order valence-electron chi connectivity index (χ1n) is 7.79. The number of hydrogen-bond donors (Lipinski definition) is 0. The Labute approximate surface area is 126 Å². The third kappa shape index (κ3) is 13.7. The minimum atomic E-state index is -0.751. The molecule has 0 unspecified atom stereocenters. The van der Waals surface area contributed by atoms with Crippen molar-refractivity contribution in [3.63, 3.8) is 0 Å². The van der Waals surface area contributed by atoms with Gasteiger partial charge in [0.15, 0.2) is 0 Å². The van der Waals surface area contributed by atoms with E-state index in [4.69, 9.17) is 0 Å². The molecule has 0 aromatic rings. The van der Waals surface area contributed by atoms with Crippen LogP contribution in [0.2, 0.25) is 75.9 Å². The van der Waals surface area contributed by atoms with Gasteiger partial charge in [0, 0.05) is 50.1 Å². The fourth-order valence-corrected chi connectivity index (χ4v) is 78.2. The van der Waals surface area contributed by atoms with E-state index in [-0.39, 0.29) is 7.83 Å². The normalized spacial score (nSPS) is 17.2. The first kappa shape index (κ1) is 19.3. The molecule has 0 amide bonds. The van der Waals surface area contributed by atoms with Crippen molar-refractivity contribution in [2.45, 2.75) is 75.9 Å². The predicted octanol–water partition coefficient (Wildman–Crippen LogP) is 3.01. The van der Waals surface area contributed by atoms with Gasteiger partial charge in [-0.3, -0.25) is 0 Å². The lowest BCUT2D eigenvalue weighted by molar-refractivity contribution is 1.61. The Morgan fingerprint density at radius 2 is 0.944 bits per heavy atom. The zero-order valence-corrected chi connectivity index (χ0v) is 21.6. The molecular formula is C12H38Si6. The first-order valence-corrected chi connectivity index (χ1v) is 28.3. The van der Waals surface area contributed by atoms with Gasteiger partial charge in [0.1, 0.15) is 0 Å². The molecule has 0 saturated carbocycles. The van der Waals surface area contributed by atoms with Crippen LogP contribution in [0.3, 0.4) is 0 Å². The Bertz CT molecular complexity index is 214. The van der Waals surface area contributed by atoms with Crippen LogP contribution in [0.15, 0.2) is 0 Å². The molecule has 0 N–H and O–H groups in total. The Hall–Kier alpha value is 1.30. The van der Waals surface area contributed by atoms with Crippen LogP contribution in [0.1, 0.15) is 0 Å². The monoisotopic (exact) mass is 350 g/mol. The van der Waals surface area contributed by atoms with Gasteiger partial charge in [0.2, 0.25) is 0 Å². The molecule has 0 aliphatic carbocycles. The van der Waals surface area contributed by atoms with Crippen molar-refractivity contribution in [3.05, 3.63) is 0 Å². The SMILES string of the molecule is C[Si](C)(C)C[SiH2][SiH](C[Si](C)(C)C)[SiH2]C[Si](C)(C)C. The molecule has 0 aromatic heterocycles. The van der Waals surface area contributed by atoms with Gasteiger partial charge in [-0.15, -0.1) is 0 Å². The minimum Gasteiger partial charge on any atom is -0.0698 e. The number of rotatable bonds is 8. The maximum absolute atomic E-state index is 2.62. The van der Waals surface area contributed by atoms with Crippen molar-refractivity contribution in [2.75, 3.05) is 0 Å². The van der Waals surface area contributed by atoms with Gasteiger partial charge in [0.05, 0.1) is 0 Å². The summed E-state index contributed by atoms with van der Waals surface area (Å²) in [5.74, 6) is 0. The maximum Gasteiger partial charge on any atom is 0.0409 e. The van der Waals surface area contributed by atoms with Crippen LogP contribution in [0.4, 0.5) is 0 Å². The lowest BCUT2D eigenvalue weighted by Gasteiger charge is -2.27. The molecule has 0 radical (unpaired) electrons. The summed E-state index contributed by atoms with van der Waals surface area (Å²) in [6.07, 6.45) is 0. The minimum absolute atomic E-state index is 0.149. The molecule has 18 heavy (non-hydrogen) atoms. The summed E-state index contributed by atoms with van der Waals surface area (Å²) in [7, 11) is -1.57. The van der Waals surface area contributed by atoms with Crippen molar-refractivity contribution >= 4 is 50.1 Å². The van der Waals surface area contributed by atoms with E-state index in [2.05, 4.69) is 58.9 Å². The van der Waals surface area contributed by atoms with E-state index in [1.807, 2.05) is 5.67 Å².